The predicted octanol–water partition coefficient (Wildman–Crippen LogP) is 5.79. The Morgan fingerprint density at radius 2 is 0.725 bits per heavy atom. The zero-order chi connectivity index (χ0) is 82.6. The number of ether oxygens (including phenoxy) is 6. The summed E-state index contributed by atoms with van der Waals surface area (Å²) in [6, 6.07) is 0. The molecule has 0 radical (unpaired) electrons. The van der Waals surface area contributed by atoms with Gasteiger partial charge in [0.25, 0.3) is 0 Å². The lowest BCUT2D eigenvalue weighted by molar-refractivity contribution is -0.192. The van der Waals surface area contributed by atoms with Crippen molar-refractivity contribution < 1.29 is 130 Å². The van der Waals surface area contributed by atoms with Crippen molar-refractivity contribution >= 4 is 85.2 Å². The molecule has 6 fully saturated rings. The van der Waals surface area contributed by atoms with E-state index in [1.165, 1.54) is 29.1 Å². The van der Waals surface area contributed by atoms with E-state index in [-0.39, 0.29) is 141 Å². The predicted molar refractivity (Wildman–Crippen MR) is 395 cm³/mol. The van der Waals surface area contributed by atoms with E-state index in [0.29, 0.717) is 96.9 Å². The molecule has 6 aliphatic rings. The van der Waals surface area contributed by atoms with Crippen LogP contribution in [-0.2, 0) is 105 Å². The van der Waals surface area contributed by atoms with Gasteiger partial charge in [-0.05, 0) is 63.7 Å². The first-order chi connectivity index (χ1) is 51.7. The van der Waals surface area contributed by atoms with Crippen molar-refractivity contribution in [1.82, 2.24) is 29.4 Å². The second-order valence-corrected chi connectivity index (χ2v) is 29.6. The Balaban J connectivity index is 0.00000128. The van der Waals surface area contributed by atoms with Crippen LogP contribution < -0.4 is 0 Å². The fourth-order valence-corrected chi connectivity index (χ4v) is 12.0. The molecule has 109 heavy (non-hydrogen) atoms. The number of hydrogen-bond acceptors (Lipinski definition) is 25. The first kappa shape index (κ1) is 102. The number of amides is 6. The summed E-state index contributed by atoms with van der Waals surface area (Å²) in [5.41, 5.74) is 0. The third kappa shape index (κ3) is 44.0. The van der Waals surface area contributed by atoms with Crippen molar-refractivity contribution in [3.8, 4) is 0 Å². The van der Waals surface area contributed by atoms with E-state index in [9.17, 15) is 72.3 Å². The van der Waals surface area contributed by atoms with Crippen LogP contribution in [0.2, 0.25) is 0 Å². The van der Waals surface area contributed by atoms with E-state index in [1.54, 1.807) is 23.8 Å². The number of carbonyl (C=O) groups is 12. The fourth-order valence-electron chi connectivity index (χ4n) is 11.6. The molecule has 0 aromatic rings. The summed E-state index contributed by atoms with van der Waals surface area (Å²) in [6.07, 6.45) is 15.4. The summed E-state index contributed by atoms with van der Waals surface area (Å²) in [5, 5.41) is 27.3. The van der Waals surface area contributed by atoms with E-state index >= 15 is 0 Å². The molecule has 6 saturated heterocycles. The van der Waals surface area contributed by atoms with Gasteiger partial charge >= 0.3 is 49.8 Å². The van der Waals surface area contributed by atoms with Crippen LogP contribution in [0.1, 0.15) is 217 Å². The number of carbonyl (C=O) groups excluding carboxylic acids is 14. The first-order valence-corrected chi connectivity index (χ1v) is 40.5. The number of likely N-dealkylation sites (tertiary alicyclic amines) is 6. The molecule has 0 aromatic carbocycles. The van der Waals surface area contributed by atoms with Gasteiger partial charge in [0.15, 0.2) is 6.23 Å². The number of aliphatic hydroxyl groups is 3. The van der Waals surface area contributed by atoms with E-state index in [4.69, 9.17) is 52.9 Å². The fraction of sp³-hybridized carbons (Fsp3) is 0.827. The third-order valence-electron chi connectivity index (χ3n) is 18.0. The van der Waals surface area contributed by atoms with Crippen LogP contribution in [0.3, 0.4) is 0 Å². The van der Waals surface area contributed by atoms with Gasteiger partial charge in [0.1, 0.15) is 0 Å². The van der Waals surface area contributed by atoms with Gasteiger partial charge < -0.3 is 82.9 Å². The number of β-amino-alcohol motifs (C(OH)–C–C–N with tert-alkyl or cyclic N) is 1. The van der Waals surface area contributed by atoms with Crippen molar-refractivity contribution in [2.75, 3.05) is 125 Å². The smallest absolute Gasteiger partial charge is 0.465 e. The number of hydrogen-bond donors (Lipinski definition) is 5. The number of nitrogens with zero attached hydrogens (tertiary/aromatic N) is 6. The van der Waals surface area contributed by atoms with Gasteiger partial charge in [-0.3, -0.25) is 62.1 Å². The summed E-state index contributed by atoms with van der Waals surface area (Å²) in [7, 11) is -2.81. The minimum Gasteiger partial charge on any atom is -0.465 e. The molecule has 6 heterocycles. The van der Waals surface area contributed by atoms with Gasteiger partial charge in [0.05, 0.1) is 94.5 Å². The number of unbranched alkanes of at least 4 members (excludes halogenated alkanes) is 7. The molecule has 9 unspecified atom stereocenters. The molecule has 0 aliphatic carbocycles. The summed E-state index contributed by atoms with van der Waals surface area (Å²) in [6.45, 7) is 28.2. The highest BCUT2D eigenvalue weighted by Gasteiger charge is 2.41. The molecular weight excluding hydrogens is 1450 g/mol. The number of aliphatic hydroxyl groups excluding tert-OH is 3. The highest BCUT2D eigenvalue weighted by molar-refractivity contribution is 7.46. The average Bonchev–Trinajstić information content (AvgIpc) is 1.73. The van der Waals surface area contributed by atoms with Crippen LogP contribution in [0.5, 0.6) is 0 Å². The van der Waals surface area contributed by atoms with Crippen molar-refractivity contribution in [3.63, 3.8) is 0 Å². The minimum absolute atomic E-state index is 0.0300. The Kier molecular flexibility index (Phi) is 55.1. The highest BCUT2D eigenvalue weighted by atomic mass is 31.2. The summed E-state index contributed by atoms with van der Waals surface area (Å²) < 4.78 is 45.4. The molecule has 34 heteroatoms. The summed E-state index contributed by atoms with van der Waals surface area (Å²) in [5.74, 6) is -3.30. The molecule has 0 saturated carbocycles. The molecule has 9 atom stereocenters. The zero-order valence-electron chi connectivity index (χ0n) is 66.9. The second-order valence-electron chi connectivity index (χ2n) is 28.3. The topological polar surface area (TPSA) is 441 Å². The number of rotatable bonds is 40. The molecule has 6 amide bonds. The number of esters is 6. The lowest BCUT2D eigenvalue weighted by atomic mass is 9.99. The van der Waals surface area contributed by atoms with Gasteiger partial charge in [-0.25, -0.2) is 4.57 Å². The highest BCUT2D eigenvalue weighted by Crippen LogP contribution is 2.36. The van der Waals surface area contributed by atoms with Crippen molar-refractivity contribution in [3.05, 3.63) is 0 Å². The lowest BCUT2D eigenvalue weighted by Crippen LogP contribution is -2.39. The normalized spacial score (nSPS) is 20.1. The zero-order valence-corrected chi connectivity index (χ0v) is 67.8. The molecule has 33 nitrogen and oxygen atoms in total. The van der Waals surface area contributed by atoms with Gasteiger partial charge in [0, 0.05) is 111 Å². The SMILES string of the molecule is CCCCOC(=O)C1CC(=O)N(C(O)CO)C1.CCCCOC(=O)C1CC(=O)N(C)C1.CCCCOC(=O)C1CC(=O)N(CC(C)C)C1.CCCCOC(=O)C1CC(=O)N(CC(C)O)C1.CCCCOC(=O)C1CC(=O)N(CC(CC)CCCC)C1.CCCCOC(=O)C1CC(=O)N(CCOP(=O)(O)O)C1.O=C=O. The monoisotopic (exact) mass is 1580 g/mol. The quantitative estimate of drug-likeness (QED) is 0.0210. The Morgan fingerprint density at radius 1 is 0.431 bits per heavy atom. The molecule has 6 rings (SSSR count). The second kappa shape index (κ2) is 58.9. The number of phosphoric ester groups is 1. The van der Waals surface area contributed by atoms with E-state index in [0.717, 1.165) is 101 Å². The van der Waals surface area contributed by atoms with E-state index < -0.39 is 50.5 Å². The third-order valence-corrected chi connectivity index (χ3v) is 18.6. The Hall–Kier alpha value is -6.99. The van der Waals surface area contributed by atoms with Gasteiger partial charge in [-0.2, -0.15) is 9.59 Å². The maximum absolute atomic E-state index is 12.1. The Morgan fingerprint density at radius 3 is 1.02 bits per heavy atom. The van der Waals surface area contributed by atoms with Gasteiger partial charge in [-0.1, -0.05) is 127 Å². The van der Waals surface area contributed by atoms with Crippen LogP contribution in [0.25, 0.3) is 0 Å². The van der Waals surface area contributed by atoms with Gasteiger partial charge in [-0.15, -0.1) is 0 Å². The lowest BCUT2D eigenvalue weighted by Gasteiger charge is -2.23. The maximum atomic E-state index is 12.1. The van der Waals surface area contributed by atoms with E-state index in [2.05, 4.69) is 46.1 Å². The molecule has 6 aliphatic heterocycles. The molecule has 5 N–H and O–H groups in total. The number of phosphoric acid groups is 1. The molecule has 628 valence electrons. The standard InChI is InChI=1S/C17H31NO3.C13H23NO3.C12H21NO4.C11H20NO7P.C11H19NO5.C10H17NO3.CO2/c1-4-7-9-14(6-3)12-18-13-15(11-16(18)19)17(20)21-10-8-5-2;1-4-5-6-17-13(16)11-7-12(15)14(9-11)8-10(2)3;1-3-4-5-17-12(16)10-6-11(15)13(8-10)7-9(2)14;1-2-3-5-18-11(14)9-7-10(13)12(8-9)4-6-19-20(15,16)17;1-2-3-4-17-11(16)8-5-9(14)12(6-8)10(15)7-13;1-3-4-5-14-10(13)8-6-9(12)11(2)7-8;2-1-3/h14-15H,4-13H2,1-3H3;10-11H,4-9H2,1-3H3;9-10,14H,3-8H2,1-2H3;9H,2-8H2,1H3,(H2,15,16,17);8,10,13,15H,2-7H2,1H3;8H,3-7H2,1-2H3;. The van der Waals surface area contributed by atoms with Crippen molar-refractivity contribution in [2.24, 2.45) is 47.3 Å². The first-order valence-electron chi connectivity index (χ1n) is 39.0. The summed E-state index contributed by atoms with van der Waals surface area (Å²) >= 11 is 0. The largest absolute Gasteiger partial charge is 0.469 e. The van der Waals surface area contributed by atoms with Crippen molar-refractivity contribution in [2.45, 2.75) is 230 Å². The average molecular weight is 1580 g/mol. The summed E-state index contributed by atoms with van der Waals surface area (Å²) in [4.78, 5) is 182. The minimum atomic E-state index is -4.52. The van der Waals surface area contributed by atoms with E-state index in [1.807, 2.05) is 32.6 Å². The van der Waals surface area contributed by atoms with Crippen LogP contribution in [0.15, 0.2) is 0 Å². The maximum Gasteiger partial charge on any atom is 0.469 e. The molecular formula is C75H131N6O27P. The Bertz CT molecular complexity index is 2750. The van der Waals surface area contributed by atoms with Crippen LogP contribution in [0.4, 0.5) is 0 Å². The molecule has 0 bridgehead atoms. The Labute approximate surface area is 644 Å². The van der Waals surface area contributed by atoms with Crippen LogP contribution >= 0.6 is 7.82 Å². The molecule has 0 spiro atoms. The van der Waals surface area contributed by atoms with Crippen LogP contribution in [0, 0.1) is 47.3 Å². The van der Waals surface area contributed by atoms with Gasteiger partial charge in [0.2, 0.25) is 35.4 Å². The van der Waals surface area contributed by atoms with Crippen LogP contribution in [-0.4, -0.2) is 270 Å². The van der Waals surface area contributed by atoms with Crippen molar-refractivity contribution in [1.29, 1.82) is 0 Å². The molecule has 0 aromatic heterocycles.